The number of methoxy groups -OCH3 is 1. The minimum absolute atomic E-state index is 0.598. The van der Waals surface area contributed by atoms with Gasteiger partial charge >= 0.3 is 0 Å². The van der Waals surface area contributed by atoms with Gasteiger partial charge in [-0.1, -0.05) is 30.8 Å². The highest BCUT2D eigenvalue weighted by molar-refractivity contribution is 7.09. The van der Waals surface area contributed by atoms with Crippen molar-refractivity contribution in [2.45, 2.75) is 6.54 Å². The van der Waals surface area contributed by atoms with E-state index in [0.717, 1.165) is 45.7 Å². The largest absolute Gasteiger partial charge is 0.497 e. The van der Waals surface area contributed by atoms with Crippen molar-refractivity contribution in [1.82, 2.24) is 20.3 Å². The Morgan fingerprint density at radius 2 is 1.94 bits per heavy atom. The average molecular weight is 466 g/mol. The second kappa shape index (κ2) is 9.72. The van der Waals surface area contributed by atoms with Gasteiger partial charge in [-0.05, 0) is 47.8 Å². The van der Waals surface area contributed by atoms with E-state index in [1.54, 1.807) is 30.8 Å². The van der Waals surface area contributed by atoms with E-state index in [2.05, 4.69) is 33.6 Å². The lowest BCUT2D eigenvalue weighted by Gasteiger charge is -2.17. The summed E-state index contributed by atoms with van der Waals surface area (Å²) < 4.78 is 5.46. The van der Waals surface area contributed by atoms with Gasteiger partial charge in [0.25, 0.3) is 0 Å². The van der Waals surface area contributed by atoms with Crippen molar-refractivity contribution < 1.29 is 4.74 Å². The molecule has 5 rings (SSSR count). The van der Waals surface area contributed by atoms with Crippen LogP contribution in [0, 0.1) is 0 Å². The van der Waals surface area contributed by atoms with Crippen LogP contribution in [0.5, 0.6) is 5.75 Å². The zero-order valence-corrected chi connectivity index (χ0v) is 19.5. The van der Waals surface area contributed by atoms with Crippen molar-refractivity contribution in [3.05, 3.63) is 102 Å². The van der Waals surface area contributed by atoms with Crippen LogP contribution in [-0.4, -0.2) is 22.1 Å². The molecule has 0 radical (unpaired) electrons. The molecule has 0 spiro atoms. The molecule has 0 unspecified atom stereocenters. The molecule has 5 aromatic rings. The van der Waals surface area contributed by atoms with Crippen LogP contribution >= 0.6 is 11.3 Å². The molecule has 0 atom stereocenters. The zero-order chi connectivity index (χ0) is 23.3. The fraction of sp³-hybridized carbons (Fsp3) is 0.0741. The second-order valence-electron chi connectivity index (χ2n) is 7.60. The van der Waals surface area contributed by atoms with E-state index in [0.29, 0.717) is 11.6 Å². The fourth-order valence-corrected chi connectivity index (χ4v) is 4.28. The normalized spacial score (nSPS) is 10.7. The third kappa shape index (κ3) is 4.60. The van der Waals surface area contributed by atoms with E-state index < -0.39 is 0 Å². The summed E-state index contributed by atoms with van der Waals surface area (Å²) in [5.74, 6) is 2.02. The summed E-state index contributed by atoms with van der Waals surface area (Å²) in [5, 5.41) is 9.89. The molecular formula is C27H23N5OS. The predicted octanol–water partition coefficient (Wildman–Crippen LogP) is 6.27. The number of aromatic nitrogens is 3. The van der Waals surface area contributed by atoms with Crippen LogP contribution in [0.3, 0.4) is 0 Å². The van der Waals surface area contributed by atoms with Gasteiger partial charge in [0.15, 0.2) is 5.82 Å². The first kappa shape index (κ1) is 21.6. The van der Waals surface area contributed by atoms with Gasteiger partial charge in [0.05, 0.1) is 12.6 Å². The molecule has 3 heterocycles. The monoisotopic (exact) mass is 465 g/mol. The Hall–Kier alpha value is -4.23. The molecule has 0 aliphatic heterocycles. The molecule has 2 N–H and O–H groups in total. The molecule has 7 heteroatoms. The minimum Gasteiger partial charge on any atom is -0.497 e. The fourth-order valence-electron chi connectivity index (χ4n) is 3.64. The highest BCUT2D eigenvalue weighted by atomic mass is 32.1. The maximum atomic E-state index is 5.46. The molecule has 34 heavy (non-hydrogen) atoms. The van der Waals surface area contributed by atoms with Gasteiger partial charge in [0, 0.05) is 51.7 Å². The van der Waals surface area contributed by atoms with Gasteiger partial charge in [-0.15, -0.1) is 11.3 Å². The second-order valence-corrected chi connectivity index (χ2v) is 8.63. The average Bonchev–Trinajstić information content (AvgIpc) is 3.41. The summed E-state index contributed by atoms with van der Waals surface area (Å²) in [5.41, 5.74) is 4.35. The maximum absolute atomic E-state index is 5.46. The van der Waals surface area contributed by atoms with E-state index in [1.807, 2.05) is 60.7 Å². The van der Waals surface area contributed by atoms with Crippen LogP contribution in [0.25, 0.3) is 28.0 Å². The molecule has 2 aromatic carbocycles. The Kier molecular flexibility index (Phi) is 6.18. The quantitative estimate of drug-likeness (QED) is 0.282. The lowest BCUT2D eigenvalue weighted by molar-refractivity contribution is 0.415. The Labute approximate surface area is 202 Å². The minimum atomic E-state index is 0.598. The number of anilines is 2. The molecule has 0 saturated carbocycles. The first-order chi connectivity index (χ1) is 16.7. The zero-order valence-electron chi connectivity index (χ0n) is 18.7. The number of thiophene rings is 1. The molecule has 6 nitrogen and oxygen atoms in total. The number of hydrogen-bond donors (Lipinski definition) is 2. The number of nitrogens with one attached hydrogen (secondary N) is 2. The molecule has 0 aliphatic rings. The molecule has 3 aromatic heterocycles. The molecule has 0 aliphatic carbocycles. The van der Waals surface area contributed by atoms with Crippen LogP contribution in [0.1, 0.15) is 10.4 Å². The lowest BCUT2D eigenvalue weighted by Crippen LogP contribution is -2.11. The van der Waals surface area contributed by atoms with E-state index in [1.165, 1.54) is 4.88 Å². The standard InChI is InChI=1S/C27H23N5OS/c1-18(29-17-21-8-6-14-34-21)22-9-3-4-10-24(22)31-27-23-15-20(33-2)11-12-25(23)30-26(32-27)19-7-5-13-28-16-19/h3-16,29H,1,17H2,2H3,(H,30,31,32). The number of rotatable bonds is 8. The number of fused-ring (bicyclic) bond motifs is 1. The van der Waals surface area contributed by atoms with Crippen LogP contribution in [0.2, 0.25) is 0 Å². The molecular weight excluding hydrogens is 442 g/mol. The Bertz CT molecular complexity index is 1430. The van der Waals surface area contributed by atoms with Crippen molar-refractivity contribution in [2.24, 2.45) is 0 Å². The smallest absolute Gasteiger partial charge is 0.163 e. The van der Waals surface area contributed by atoms with E-state index in [-0.39, 0.29) is 0 Å². The van der Waals surface area contributed by atoms with Crippen molar-refractivity contribution in [3.8, 4) is 17.1 Å². The Morgan fingerprint density at radius 3 is 2.74 bits per heavy atom. The summed E-state index contributed by atoms with van der Waals surface area (Å²) in [6, 6.07) is 21.8. The lowest BCUT2D eigenvalue weighted by atomic mass is 10.1. The van der Waals surface area contributed by atoms with Crippen LogP contribution in [-0.2, 0) is 6.54 Å². The van der Waals surface area contributed by atoms with Gasteiger partial charge in [-0.2, -0.15) is 0 Å². The number of hydrogen-bond acceptors (Lipinski definition) is 7. The summed E-state index contributed by atoms with van der Waals surface area (Å²) in [6.45, 7) is 5.00. The van der Waals surface area contributed by atoms with E-state index >= 15 is 0 Å². The highest BCUT2D eigenvalue weighted by Crippen LogP contribution is 2.32. The van der Waals surface area contributed by atoms with Crippen LogP contribution in [0.4, 0.5) is 11.5 Å². The summed E-state index contributed by atoms with van der Waals surface area (Å²) in [4.78, 5) is 15.1. The number of ether oxygens (including phenoxy) is 1. The van der Waals surface area contributed by atoms with Gasteiger partial charge in [-0.3, -0.25) is 4.98 Å². The SMILES string of the molecule is C=C(NCc1cccs1)c1ccccc1Nc1nc(-c2cccnc2)nc2ccc(OC)cc12. The van der Waals surface area contributed by atoms with Gasteiger partial charge < -0.3 is 15.4 Å². The first-order valence-electron chi connectivity index (χ1n) is 10.8. The topological polar surface area (TPSA) is 72.0 Å². The Morgan fingerprint density at radius 1 is 1.03 bits per heavy atom. The molecule has 0 bridgehead atoms. The van der Waals surface area contributed by atoms with Crippen LogP contribution < -0.4 is 15.4 Å². The van der Waals surface area contributed by atoms with Crippen molar-refractivity contribution in [2.75, 3.05) is 12.4 Å². The summed E-state index contributed by atoms with van der Waals surface area (Å²) >= 11 is 1.72. The van der Waals surface area contributed by atoms with Gasteiger partial charge in [-0.25, -0.2) is 9.97 Å². The third-order valence-electron chi connectivity index (χ3n) is 5.38. The predicted molar refractivity (Wildman–Crippen MR) is 139 cm³/mol. The molecule has 168 valence electrons. The molecule has 0 fully saturated rings. The number of pyridine rings is 1. The number of benzene rings is 2. The van der Waals surface area contributed by atoms with Crippen molar-refractivity contribution >= 4 is 39.4 Å². The first-order valence-corrected chi connectivity index (χ1v) is 11.7. The molecule has 0 amide bonds. The van der Waals surface area contributed by atoms with Gasteiger partial charge in [0.2, 0.25) is 0 Å². The maximum Gasteiger partial charge on any atom is 0.163 e. The van der Waals surface area contributed by atoms with E-state index in [4.69, 9.17) is 14.7 Å². The Balaban J connectivity index is 1.53. The van der Waals surface area contributed by atoms with Gasteiger partial charge in [0.1, 0.15) is 11.6 Å². The third-order valence-corrected chi connectivity index (χ3v) is 6.26. The van der Waals surface area contributed by atoms with Crippen molar-refractivity contribution in [3.63, 3.8) is 0 Å². The van der Waals surface area contributed by atoms with E-state index in [9.17, 15) is 0 Å². The highest BCUT2D eigenvalue weighted by Gasteiger charge is 2.13. The number of nitrogens with zero attached hydrogens (tertiary/aromatic N) is 3. The number of para-hydroxylation sites is 1. The van der Waals surface area contributed by atoms with Crippen LogP contribution in [0.15, 0.2) is 91.1 Å². The molecule has 0 saturated heterocycles. The summed E-state index contributed by atoms with van der Waals surface area (Å²) in [6.07, 6.45) is 3.50. The van der Waals surface area contributed by atoms with Crippen molar-refractivity contribution in [1.29, 1.82) is 0 Å². The summed E-state index contributed by atoms with van der Waals surface area (Å²) in [7, 11) is 1.65.